The number of hydrogen-bond acceptors (Lipinski definition) is 8. The molecular formula is C20H36N4O7S2. The van der Waals surface area contributed by atoms with Crippen molar-refractivity contribution in [2.75, 3.05) is 24.0 Å². The van der Waals surface area contributed by atoms with Crippen molar-refractivity contribution in [1.82, 2.24) is 16.0 Å². The Morgan fingerprint density at radius 3 is 1.85 bits per heavy atom. The maximum absolute atomic E-state index is 12.9. The Kier molecular flexibility index (Phi) is 15.6. The van der Waals surface area contributed by atoms with Crippen LogP contribution in [0.4, 0.5) is 0 Å². The molecule has 13 heteroatoms. The van der Waals surface area contributed by atoms with Crippen LogP contribution in [0.1, 0.15) is 39.5 Å². The van der Waals surface area contributed by atoms with Crippen LogP contribution in [0, 0.1) is 5.92 Å². The van der Waals surface area contributed by atoms with Gasteiger partial charge in [-0.1, -0.05) is 20.3 Å². The van der Waals surface area contributed by atoms with Gasteiger partial charge in [-0.2, -0.15) is 23.5 Å². The molecule has 5 unspecified atom stereocenters. The SMILES string of the molecule is CCC(C)C(NC(=O)C(CC(=O)O)NC(=O)C(CCSC)NC(=O)C(N)CCSC)C(=O)O. The van der Waals surface area contributed by atoms with Crippen molar-refractivity contribution < 1.29 is 34.2 Å². The topological polar surface area (TPSA) is 188 Å². The number of rotatable bonds is 17. The van der Waals surface area contributed by atoms with Crippen LogP contribution in [0.25, 0.3) is 0 Å². The average Bonchev–Trinajstić information content (AvgIpc) is 2.76. The summed E-state index contributed by atoms with van der Waals surface area (Å²) >= 11 is 2.97. The monoisotopic (exact) mass is 508 g/mol. The van der Waals surface area contributed by atoms with Gasteiger partial charge >= 0.3 is 11.9 Å². The van der Waals surface area contributed by atoms with E-state index in [1.807, 2.05) is 12.5 Å². The zero-order valence-corrected chi connectivity index (χ0v) is 21.1. The Balaban J connectivity index is 5.47. The molecule has 0 bridgehead atoms. The van der Waals surface area contributed by atoms with Crippen LogP contribution in [0.2, 0.25) is 0 Å². The van der Waals surface area contributed by atoms with E-state index in [1.165, 1.54) is 23.5 Å². The number of amides is 3. The standard InChI is InChI=1S/C20H36N4O7S2/c1-5-11(2)16(20(30)31)24-19(29)14(10-15(25)26)23-18(28)13(7-9-33-4)22-17(27)12(21)6-8-32-3/h11-14,16H,5-10,21H2,1-4H3,(H,22,27)(H,23,28)(H,24,29)(H,25,26)(H,30,31). The summed E-state index contributed by atoms with van der Waals surface area (Å²) in [5.41, 5.74) is 5.86. The van der Waals surface area contributed by atoms with Crippen molar-refractivity contribution in [3.8, 4) is 0 Å². The highest BCUT2D eigenvalue weighted by Gasteiger charge is 2.32. The Labute approximate surface area is 202 Å². The van der Waals surface area contributed by atoms with Gasteiger partial charge in [-0.3, -0.25) is 19.2 Å². The smallest absolute Gasteiger partial charge is 0.326 e. The highest BCUT2D eigenvalue weighted by atomic mass is 32.2. The van der Waals surface area contributed by atoms with E-state index in [0.717, 1.165) is 0 Å². The van der Waals surface area contributed by atoms with Crippen LogP contribution in [0.3, 0.4) is 0 Å². The number of carboxylic acid groups (broad SMARTS) is 2. The summed E-state index contributed by atoms with van der Waals surface area (Å²) in [5.74, 6) is -4.04. The minimum Gasteiger partial charge on any atom is -0.481 e. The first-order valence-corrected chi connectivity index (χ1v) is 13.4. The van der Waals surface area contributed by atoms with Crippen molar-refractivity contribution in [1.29, 1.82) is 0 Å². The molecule has 0 aromatic rings. The van der Waals surface area contributed by atoms with E-state index in [9.17, 15) is 34.2 Å². The van der Waals surface area contributed by atoms with E-state index in [1.54, 1.807) is 13.8 Å². The third-order valence-electron chi connectivity index (χ3n) is 5.00. The number of nitrogens with two attached hydrogens (primary N) is 1. The fourth-order valence-corrected chi connectivity index (χ4v) is 3.71. The molecule has 190 valence electrons. The molecule has 0 spiro atoms. The summed E-state index contributed by atoms with van der Waals surface area (Å²) in [4.78, 5) is 60.7. The molecule has 0 aliphatic rings. The Bertz CT molecular complexity index is 681. The highest BCUT2D eigenvalue weighted by Crippen LogP contribution is 2.09. The van der Waals surface area contributed by atoms with Crippen LogP contribution in [0.15, 0.2) is 0 Å². The van der Waals surface area contributed by atoms with Gasteiger partial charge in [-0.15, -0.1) is 0 Å². The molecule has 0 aromatic carbocycles. The minimum absolute atomic E-state index is 0.236. The van der Waals surface area contributed by atoms with Gasteiger partial charge in [0.1, 0.15) is 18.1 Å². The number of thioether (sulfide) groups is 2. The molecule has 0 saturated carbocycles. The second-order valence-electron chi connectivity index (χ2n) is 7.60. The Morgan fingerprint density at radius 2 is 1.36 bits per heavy atom. The van der Waals surface area contributed by atoms with Crippen LogP contribution in [-0.2, 0) is 24.0 Å². The summed E-state index contributed by atoms with van der Waals surface area (Å²) in [5, 5.41) is 25.8. The normalized spacial score (nSPS) is 15.4. The van der Waals surface area contributed by atoms with Gasteiger partial charge < -0.3 is 31.9 Å². The summed E-state index contributed by atoms with van der Waals surface area (Å²) in [6.07, 6.45) is 4.07. The molecule has 33 heavy (non-hydrogen) atoms. The second kappa shape index (κ2) is 16.6. The maximum atomic E-state index is 12.9. The van der Waals surface area contributed by atoms with E-state index >= 15 is 0 Å². The lowest BCUT2D eigenvalue weighted by Gasteiger charge is -2.26. The predicted molar refractivity (Wildman–Crippen MR) is 129 cm³/mol. The van der Waals surface area contributed by atoms with Crippen molar-refractivity contribution in [2.24, 2.45) is 11.7 Å². The van der Waals surface area contributed by atoms with Crippen molar-refractivity contribution >= 4 is 53.2 Å². The number of hydrogen-bond donors (Lipinski definition) is 6. The largest absolute Gasteiger partial charge is 0.481 e. The van der Waals surface area contributed by atoms with Gasteiger partial charge in [0.2, 0.25) is 17.7 Å². The molecular weight excluding hydrogens is 472 g/mol. The fourth-order valence-electron chi connectivity index (χ4n) is 2.75. The molecule has 0 aromatic heterocycles. The fraction of sp³-hybridized carbons (Fsp3) is 0.750. The minimum atomic E-state index is -1.51. The first-order valence-electron chi connectivity index (χ1n) is 10.6. The van der Waals surface area contributed by atoms with Crippen LogP contribution >= 0.6 is 23.5 Å². The first-order chi connectivity index (χ1) is 15.5. The third kappa shape index (κ3) is 12.2. The molecule has 3 amide bonds. The lowest BCUT2D eigenvalue weighted by atomic mass is 9.98. The zero-order valence-electron chi connectivity index (χ0n) is 19.5. The lowest BCUT2D eigenvalue weighted by molar-refractivity contribution is -0.144. The van der Waals surface area contributed by atoms with Gasteiger partial charge in [-0.05, 0) is 42.8 Å². The lowest BCUT2D eigenvalue weighted by Crippen LogP contribution is -2.58. The summed E-state index contributed by atoms with van der Waals surface area (Å²) in [6.45, 7) is 3.39. The Hall–Kier alpha value is -1.99. The molecule has 5 atom stereocenters. The molecule has 0 fully saturated rings. The molecule has 0 aliphatic carbocycles. The van der Waals surface area contributed by atoms with E-state index in [0.29, 0.717) is 24.3 Å². The van der Waals surface area contributed by atoms with Crippen LogP contribution in [0.5, 0.6) is 0 Å². The zero-order chi connectivity index (χ0) is 25.6. The Morgan fingerprint density at radius 1 is 0.848 bits per heavy atom. The molecule has 0 heterocycles. The third-order valence-corrected chi connectivity index (χ3v) is 6.29. The summed E-state index contributed by atoms with van der Waals surface area (Å²) in [7, 11) is 0. The molecule has 0 radical (unpaired) electrons. The second-order valence-corrected chi connectivity index (χ2v) is 9.57. The number of carboxylic acids is 2. The molecule has 7 N–H and O–H groups in total. The van der Waals surface area contributed by atoms with Gasteiger partial charge in [0.05, 0.1) is 12.5 Å². The van der Waals surface area contributed by atoms with E-state index < -0.39 is 66.2 Å². The van der Waals surface area contributed by atoms with Gasteiger partial charge in [0.25, 0.3) is 0 Å². The molecule has 11 nitrogen and oxygen atoms in total. The van der Waals surface area contributed by atoms with E-state index in [-0.39, 0.29) is 6.42 Å². The number of carbonyl (C=O) groups excluding carboxylic acids is 3. The van der Waals surface area contributed by atoms with E-state index in [2.05, 4.69) is 16.0 Å². The number of aliphatic carboxylic acids is 2. The molecule has 0 rings (SSSR count). The van der Waals surface area contributed by atoms with Crippen molar-refractivity contribution in [3.05, 3.63) is 0 Å². The van der Waals surface area contributed by atoms with E-state index in [4.69, 9.17) is 5.73 Å². The average molecular weight is 509 g/mol. The highest BCUT2D eigenvalue weighted by molar-refractivity contribution is 7.98. The van der Waals surface area contributed by atoms with Gasteiger partial charge in [-0.25, -0.2) is 4.79 Å². The quantitative estimate of drug-likeness (QED) is 0.154. The molecule has 0 saturated heterocycles. The first kappa shape index (κ1) is 31.0. The summed E-state index contributed by atoms with van der Waals surface area (Å²) < 4.78 is 0. The molecule has 0 aliphatic heterocycles. The van der Waals surface area contributed by atoms with Gasteiger partial charge in [0, 0.05) is 0 Å². The number of carbonyl (C=O) groups is 5. The maximum Gasteiger partial charge on any atom is 0.326 e. The van der Waals surface area contributed by atoms with Gasteiger partial charge in [0.15, 0.2) is 0 Å². The van der Waals surface area contributed by atoms with Crippen molar-refractivity contribution in [3.63, 3.8) is 0 Å². The summed E-state index contributed by atoms with van der Waals surface area (Å²) in [6, 6.07) is -4.59. The van der Waals surface area contributed by atoms with Crippen LogP contribution < -0.4 is 21.7 Å². The van der Waals surface area contributed by atoms with Crippen LogP contribution in [-0.4, -0.2) is 88.1 Å². The van der Waals surface area contributed by atoms with Crippen molar-refractivity contribution in [2.45, 2.75) is 63.7 Å². The number of nitrogens with one attached hydrogen (secondary N) is 3. The predicted octanol–water partition coefficient (Wildman–Crippen LogP) is -0.120.